The second-order valence-electron chi connectivity index (χ2n) is 6.73. The molecule has 128 valence electrons. The molecule has 22 heavy (non-hydrogen) atoms. The molecule has 1 aliphatic rings. The minimum absolute atomic E-state index is 0.500. The molecule has 0 saturated heterocycles. The number of hydrogen-bond acceptors (Lipinski definition) is 4. The number of hydrogen-bond donors (Lipinski definition) is 3. The van der Waals surface area contributed by atoms with E-state index in [1.165, 1.54) is 13.3 Å². The molecule has 0 aromatic carbocycles. The van der Waals surface area contributed by atoms with E-state index >= 15 is 0 Å². The van der Waals surface area contributed by atoms with Crippen LogP contribution in [0, 0.1) is 11.3 Å². The zero-order chi connectivity index (χ0) is 16.8. The number of aliphatic hydroxyl groups is 2. The van der Waals surface area contributed by atoms with Gasteiger partial charge in [-0.2, -0.15) is 0 Å². The Hall–Kier alpha value is -0.940. The van der Waals surface area contributed by atoms with Crippen molar-refractivity contribution in [2.75, 3.05) is 0 Å². The van der Waals surface area contributed by atoms with E-state index < -0.39 is 35.3 Å². The van der Waals surface area contributed by atoms with Gasteiger partial charge in [0.05, 0.1) is 17.6 Å². The molecular formula is C17H30O5. The van der Waals surface area contributed by atoms with Crippen LogP contribution in [0.15, 0.2) is 0 Å². The van der Waals surface area contributed by atoms with E-state index in [4.69, 9.17) is 0 Å². The summed E-state index contributed by atoms with van der Waals surface area (Å²) in [7, 11) is 0. The molecule has 3 unspecified atom stereocenters. The van der Waals surface area contributed by atoms with Gasteiger partial charge in [0.15, 0.2) is 5.78 Å². The standard InChI is InChI=1S/C17H30O5/c1-12(18)14(16(21)22)15(20)17(13(2)19)10-8-6-4-3-5-7-9-11-17/h12-14,18-19H,3-11H2,1-2H3,(H,21,22). The summed E-state index contributed by atoms with van der Waals surface area (Å²) in [4.78, 5) is 24.3. The first-order valence-electron chi connectivity index (χ1n) is 8.46. The lowest BCUT2D eigenvalue weighted by Gasteiger charge is -2.38. The predicted molar refractivity (Wildman–Crippen MR) is 83.5 cm³/mol. The van der Waals surface area contributed by atoms with Crippen LogP contribution in [0.2, 0.25) is 0 Å². The first-order valence-corrected chi connectivity index (χ1v) is 8.46. The fourth-order valence-corrected chi connectivity index (χ4v) is 3.61. The summed E-state index contributed by atoms with van der Waals surface area (Å²) in [5, 5.41) is 29.3. The van der Waals surface area contributed by atoms with Crippen molar-refractivity contribution < 1.29 is 24.9 Å². The summed E-state index contributed by atoms with van der Waals surface area (Å²) in [6, 6.07) is 0. The average molecular weight is 314 g/mol. The van der Waals surface area contributed by atoms with Crippen molar-refractivity contribution in [3.8, 4) is 0 Å². The number of carbonyl (C=O) groups excluding carboxylic acids is 1. The van der Waals surface area contributed by atoms with Crippen molar-refractivity contribution in [1.29, 1.82) is 0 Å². The normalized spacial score (nSPS) is 24.0. The van der Waals surface area contributed by atoms with Crippen LogP contribution in [0.3, 0.4) is 0 Å². The average Bonchev–Trinajstić information content (AvgIpc) is 2.43. The van der Waals surface area contributed by atoms with Crippen LogP contribution in [0.25, 0.3) is 0 Å². The monoisotopic (exact) mass is 314 g/mol. The van der Waals surface area contributed by atoms with Crippen molar-refractivity contribution in [3.05, 3.63) is 0 Å². The molecule has 5 heteroatoms. The Balaban J connectivity index is 3.08. The molecule has 0 spiro atoms. The van der Waals surface area contributed by atoms with Gasteiger partial charge in [-0.25, -0.2) is 0 Å². The quantitative estimate of drug-likeness (QED) is 0.678. The van der Waals surface area contributed by atoms with E-state index in [0.29, 0.717) is 12.8 Å². The Morgan fingerprint density at radius 1 is 0.864 bits per heavy atom. The van der Waals surface area contributed by atoms with E-state index in [-0.39, 0.29) is 0 Å². The van der Waals surface area contributed by atoms with Crippen LogP contribution in [-0.2, 0) is 9.59 Å². The molecule has 0 aliphatic heterocycles. The maximum atomic E-state index is 12.9. The van der Waals surface area contributed by atoms with Crippen LogP contribution in [0.1, 0.15) is 71.6 Å². The summed E-state index contributed by atoms with van der Waals surface area (Å²) in [6.45, 7) is 2.90. The first kappa shape index (κ1) is 19.1. The van der Waals surface area contributed by atoms with Gasteiger partial charge in [-0.05, 0) is 26.7 Å². The Labute approximate surface area is 132 Å². The van der Waals surface area contributed by atoms with Crippen LogP contribution in [-0.4, -0.2) is 39.3 Å². The highest BCUT2D eigenvalue weighted by molar-refractivity contribution is 6.02. The van der Waals surface area contributed by atoms with Gasteiger partial charge in [0.25, 0.3) is 0 Å². The summed E-state index contributed by atoms with van der Waals surface area (Å²) in [5.74, 6) is -3.28. The Morgan fingerprint density at radius 2 is 1.27 bits per heavy atom. The minimum atomic E-state index is -1.46. The van der Waals surface area contributed by atoms with Crippen molar-refractivity contribution in [2.24, 2.45) is 11.3 Å². The van der Waals surface area contributed by atoms with Crippen LogP contribution in [0.5, 0.6) is 0 Å². The van der Waals surface area contributed by atoms with Crippen LogP contribution in [0.4, 0.5) is 0 Å². The Morgan fingerprint density at radius 3 is 1.59 bits per heavy atom. The summed E-state index contributed by atoms with van der Waals surface area (Å²) >= 11 is 0. The lowest BCUT2D eigenvalue weighted by Crippen LogP contribution is -2.49. The molecule has 1 saturated carbocycles. The van der Waals surface area contributed by atoms with E-state index in [1.807, 2.05) is 0 Å². The van der Waals surface area contributed by atoms with Gasteiger partial charge in [-0.15, -0.1) is 0 Å². The van der Waals surface area contributed by atoms with Gasteiger partial charge in [0.2, 0.25) is 0 Å². The van der Waals surface area contributed by atoms with Crippen molar-refractivity contribution >= 4 is 11.8 Å². The van der Waals surface area contributed by atoms with Gasteiger partial charge >= 0.3 is 5.97 Å². The van der Waals surface area contributed by atoms with Gasteiger partial charge in [-0.1, -0.05) is 44.9 Å². The van der Waals surface area contributed by atoms with E-state index in [1.54, 1.807) is 6.92 Å². The number of ketones is 1. The lowest BCUT2D eigenvalue weighted by molar-refractivity contribution is -0.158. The molecule has 0 amide bonds. The molecular weight excluding hydrogens is 284 g/mol. The van der Waals surface area contributed by atoms with Crippen molar-refractivity contribution in [3.63, 3.8) is 0 Å². The van der Waals surface area contributed by atoms with Gasteiger partial charge in [0, 0.05) is 0 Å². The molecule has 3 N–H and O–H groups in total. The van der Waals surface area contributed by atoms with E-state index in [9.17, 15) is 24.9 Å². The fraction of sp³-hybridized carbons (Fsp3) is 0.882. The molecule has 1 rings (SSSR count). The number of carbonyl (C=O) groups is 2. The van der Waals surface area contributed by atoms with E-state index in [2.05, 4.69) is 0 Å². The third kappa shape index (κ3) is 4.53. The maximum absolute atomic E-state index is 12.9. The van der Waals surface area contributed by atoms with Gasteiger partial charge in [0.1, 0.15) is 5.92 Å². The first-order chi connectivity index (χ1) is 10.3. The van der Waals surface area contributed by atoms with Gasteiger partial charge < -0.3 is 15.3 Å². The molecule has 1 aliphatic carbocycles. The molecule has 0 aromatic rings. The number of aliphatic carboxylic acids is 1. The molecule has 3 atom stereocenters. The summed E-state index contributed by atoms with van der Waals surface area (Å²) < 4.78 is 0. The highest BCUT2D eigenvalue weighted by Gasteiger charge is 2.48. The zero-order valence-corrected chi connectivity index (χ0v) is 13.8. The van der Waals surface area contributed by atoms with E-state index in [0.717, 1.165) is 38.5 Å². The second kappa shape index (κ2) is 8.63. The van der Waals surface area contributed by atoms with Crippen molar-refractivity contribution in [1.82, 2.24) is 0 Å². The van der Waals surface area contributed by atoms with Gasteiger partial charge in [-0.3, -0.25) is 9.59 Å². The Bertz CT molecular complexity index is 365. The Kier molecular flexibility index (Phi) is 7.49. The molecule has 0 bridgehead atoms. The van der Waals surface area contributed by atoms with Crippen LogP contribution >= 0.6 is 0 Å². The molecule has 1 fully saturated rings. The van der Waals surface area contributed by atoms with Crippen molar-refractivity contribution in [2.45, 2.75) is 83.8 Å². The topological polar surface area (TPSA) is 94.8 Å². The lowest BCUT2D eigenvalue weighted by atomic mass is 9.66. The summed E-state index contributed by atoms with van der Waals surface area (Å²) in [5.41, 5.74) is -1.04. The molecule has 0 aromatic heterocycles. The summed E-state index contributed by atoms with van der Waals surface area (Å²) in [6.07, 6.45) is 5.87. The van der Waals surface area contributed by atoms with Crippen LogP contribution < -0.4 is 0 Å². The minimum Gasteiger partial charge on any atom is -0.481 e. The largest absolute Gasteiger partial charge is 0.481 e. The molecule has 5 nitrogen and oxygen atoms in total. The highest BCUT2D eigenvalue weighted by Crippen LogP contribution is 2.40. The highest BCUT2D eigenvalue weighted by atomic mass is 16.4. The second-order valence-corrected chi connectivity index (χ2v) is 6.73. The number of carboxylic acid groups (broad SMARTS) is 1. The number of Topliss-reactive ketones (excluding diaryl/α,β-unsaturated/α-hetero) is 1. The zero-order valence-electron chi connectivity index (χ0n) is 13.8. The molecule has 0 radical (unpaired) electrons. The third-order valence-corrected chi connectivity index (χ3v) is 5.07. The SMILES string of the molecule is CC(O)C(C(=O)O)C(=O)C1(C(C)O)CCCCCCCCC1. The number of carboxylic acids is 1. The number of rotatable bonds is 5. The predicted octanol–water partition coefficient (Wildman–Crippen LogP) is 2.53. The molecule has 0 heterocycles. The smallest absolute Gasteiger partial charge is 0.316 e. The third-order valence-electron chi connectivity index (χ3n) is 5.07. The number of aliphatic hydroxyl groups excluding tert-OH is 2. The fourth-order valence-electron chi connectivity index (χ4n) is 3.61. The maximum Gasteiger partial charge on any atom is 0.316 e.